The molecule has 0 aromatic carbocycles. The predicted octanol–water partition coefficient (Wildman–Crippen LogP) is 1.33. The van der Waals surface area contributed by atoms with Crippen LogP contribution in [0.15, 0.2) is 0 Å². The highest BCUT2D eigenvalue weighted by molar-refractivity contribution is 5.73. The number of rotatable bonds is 8. The molecule has 1 saturated heterocycles. The zero-order valence-corrected chi connectivity index (χ0v) is 12.4. The van der Waals surface area contributed by atoms with Gasteiger partial charge in [-0.2, -0.15) is 0 Å². The fourth-order valence-corrected chi connectivity index (χ4v) is 2.46. The minimum absolute atomic E-state index is 0.179. The summed E-state index contributed by atoms with van der Waals surface area (Å²) >= 11 is 0. The quantitative estimate of drug-likeness (QED) is 0.698. The van der Waals surface area contributed by atoms with Crippen molar-refractivity contribution in [3.63, 3.8) is 0 Å². The summed E-state index contributed by atoms with van der Waals surface area (Å²) in [5, 5.41) is 12.3. The smallest absolute Gasteiger partial charge is 0.322 e. The molecule has 1 aliphatic heterocycles. The van der Waals surface area contributed by atoms with Crippen LogP contribution in [0.2, 0.25) is 0 Å². The van der Waals surface area contributed by atoms with E-state index in [0.717, 1.165) is 39.0 Å². The van der Waals surface area contributed by atoms with E-state index >= 15 is 0 Å². The molecule has 2 atom stereocenters. The number of nitrogens with zero attached hydrogens (tertiary/aromatic N) is 1. The molecule has 2 unspecified atom stereocenters. The molecule has 0 saturated carbocycles. The van der Waals surface area contributed by atoms with E-state index in [9.17, 15) is 9.90 Å². The van der Waals surface area contributed by atoms with Gasteiger partial charge in [0.05, 0.1) is 6.10 Å². The van der Waals surface area contributed by atoms with Gasteiger partial charge in [0, 0.05) is 25.7 Å². The van der Waals surface area contributed by atoms with Gasteiger partial charge in [0.2, 0.25) is 0 Å². The highest BCUT2D eigenvalue weighted by Gasteiger charge is 2.26. The van der Waals surface area contributed by atoms with Crippen molar-refractivity contribution < 1.29 is 14.6 Å². The number of ether oxygens (including phenoxy) is 1. The average molecular weight is 272 g/mol. The molecule has 1 fully saturated rings. The second-order valence-electron chi connectivity index (χ2n) is 5.61. The van der Waals surface area contributed by atoms with Crippen LogP contribution in [0.4, 0.5) is 0 Å². The normalized spacial score (nSPS) is 22.6. The Morgan fingerprint density at radius 3 is 2.84 bits per heavy atom. The van der Waals surface area contributed by atoms with E-state index in [1.807, 2.05) is 13.8 Å². The summed E-state index contributed by atoms with van der Waals surface area (Å²) < 4.78 is 5.78. The fraction of sp³-hybridized carbons (Fsp3) is 0.929. The highest BCUT2D eigenvalue weighted by atomic mass is 16.5. The zero-order chi connectivity index (χ0) is 14.3. The Labute approximate surface area is 116 Å². The van der Waals surface area contributed by atoms with Crippen LogP contribution in [-0.4, -0.2) is 60.4 Å². The maximum absolute atomic E-state index is 11.2. The number of aliphatic carboxylic acids is 1. The molecule has 0 aliphatic carbocycles. The number of hydrogen-bond donors (Lipinski definition) is 2. The minimum Gasteiger partial charge on any atom is -0.480 e. The summed E-state index contributed by atoms with van der Waals surface area (Å²) in [5.41, 5.74) is 0. The summed E-state index contributed by atoms with van der Waals surface area (Å²) in [6, 6.07) is -0.317. The number of carboxylic acids is 1. The monoisotopic (exact) mass is 272 g/mol. The van der Waals surface area contributed by atoms with Crippen molar-refractivity contribution in [3.05, 3.63) is 0 Å². The molecular formula is C14H28N2O3. The van der Waals surface area contributed by atoms with Crippen molar-refractivity contribution in [1.29, 1.82) is 0 Å². The van der Waals surface area contributed by atoms with Gasteiger partial charge in [-0.25, -0.2) is 0 Å². The summed E-state index contributed by atoms with van der Waals surface area (Å²) in [6.45, 7) is 9.22. The Morgan fingerprint density at radius 1 is 1.53 bits per heavy atom. The topological polar surface area (TPSA) is 61.8 Å². The third-order valence-corrected chi connectivity index (χ3v) is 3.29. The van der Waals surface area contributed by atoms with Crippen molar-refractivity contribution >= 4 is 5.97 Å². The van der Waals surface area contributed by atoms with Gasteiger partial charge in [0.15, 0.2) is 0 Å². The lowest BCUT2D eigenvalue weighted by Gasteiger charge is -2.34. The first kappa shape index (κ1) is 16.4. The van der Waals surface area contributed by atoms with Crippen molar-refractivity contribution in [3.8, 4) is 0 Å². The lowest BCUT2D eigenvalue weighted by atomic mass is 10.1. The average Bonchev–Trinajstić information content (AvgIpc) is 2.35. The molecule has 0 bridgehead atoms. The van der Waals surface area contributed by atoms with Crippen molar-refractivity contribution in [2.24, 2.45) is 0 Å². The Kier molecular flexibility index (Phi) is 7.34. The molecule has 1 aliphatic rings. The molecule has 1 heterocycles. The molecule has 0 aromatic rings. The lowest BCUT2D eigenvalue weighted by molar-refractivity contribution is -0.140. The minimum atomic E-state index is -0.773. The van der Waals surface area contributed by atoms with Gasteiger partial charge >= 0.3 is 5.97 Å². The first-order valence-corrected chi connectivity index (χ1v) is 7.35. The molecule has 0 aromatic heterocycles. The largest absolute Gasteiger partial charge is 0.480 e. The SMILES string of the molecule is CCCOC1CCCN(CC(NC(C)C)C(=O)O)C1. The van der Waals surface area contributed by atoms with E-state index in [1.165, 1.54) is 0 Å². The second kappa shape index (κ2) is 8.51. The first-order valence-electron chi connectivity index (χ1n) is 7.35. The van der Waals surface area contributed by atoms with Gasteiger partial charge in [-0.1, -0.05) is 20.8 Å². The van der Waals surface area contributed by atoms with Crippen LogP contribution in [0.5, 0.6) is 0 Å². The van der Waals surface area contributed by atoms with Crippen LogP contribution in [0.1, 0.15) is 40.0 Å². The summed E-state index contributed by atoms with van der Waals surface area (Å²) in [7, 11) is 0. The van der Waals surface area contributed by atoms with Gasteiger partial charge in [0.1, 0.15) is 6.04 Å². The van der Waals surface area contributed by atoms with E-state index in [1.54, 1.807) is 0 Å². The lowest BCUT2D eigenvalue weighted by Crippen LogP contribution is -2.51. The van der Waals surface area contributed by atoms with Gasteiger partial charge in [-0.3, -0.25) is 9.69 Å². The van der Waals surface area contributed by atoms with Crippen molar-refractivity contribution in [2.45, 2.75) is 58.2 Å². The molecule has 0 spiro atoms. The Hall–Kier alpha value is -0.650. The second-order valence-corrected chi connectivity index (χ2v) is 5.61. The van der Waals surface area contributed by atoms with Gasteiger partial charge < -0.3 is 15.2 Å². The van der Waals surface area contributed by atoms with Crippen LogP contribution in [0.25, 0.3) is 0 Å². The van der Waals surface area contributed by atoms with Crippen LogP contribution in [-0.2, 0) is 9.53 Å². The number of likely N-dealkylation sites (tertiary alicyclic amines) is 1. The van der Waals surface area contributed by atoms with Crippen LogP contribution in [0, 0.1) is 0 Å². The van der Waals surface area contributed by atoms with E-state index in [4.69, 9.17) is 4.74 Å². The molecule has 1 rings (SSSR count). The Bertz CT molecular complexity index is 271. The molecule has 112 valence electrons. The summed E-state index contributed by atoms with van der Waals surface area (Å²) in [6.07, 6.45) is 3.47. The van der Waals surface area contributed by atoms with Crippen molar-refractivity contribution in [1.82, 2.24) is 10.2 Å². The number of hydrogen-bond acceptors (Lipinski definition) is 4. The van der Waals surface area contributed by atoms with Crippen LogP contribution in [0.3, 0.4) is 0 Å². The molecule has 19 heavy (non-hydrogen) atoms. The van der Waals surface area contributed by atoms with E-state index < -0.39 is 12.0 Å². The summed E-state index contributed by atoms with van der Waals surface area (Å²) in [4.78, 5) is 13.4. The number of nitrogens with one attached hydrogen (secondary N) is 1. The van der Waals surface area contributed by atoms with Gasteiger partial charge in [-0.15, -0.1) is 0 Å². The standard InChI is InChI=1S/C14H28N2O3/c1-4-8-19-12-6-5-7-16(9-12)10-13(14(17)18)15-11(2)3/h11-13,15H,4-10H2,1-3H3,(H,17,18). The van der Waals surface area contributed by atoms with Crippen LogP contribution >= 0.6 is 0 Å². The van der Waals surface area contributed by atoms with E-state index in [-0.39, 0.29) is 12.1 Å². The van der Waals surface area contributed by atoms with E-state index in [0.29, 0.717) is 6.54 Å². The third kappa shape index (κ3) is 6.36. The predicted molar refractivity (Wildman–Crippen MR) is 75.4 cm³/mol. The number of carboxylic acid groups (broad SMARTS) is 1. The number of piperidine rings is 1. The van der Waals surface area contributed by atoms with Gasteiger partial charge in [0.25, 0.3) is 0 Å². The maximum atomic E-state index is 11.2. The zero-order valence-electron chi connectivity index (χ0n) is 12.4. The highest BCUT2D eigenvalue weighted by Crippen LogP contribution is 2.14. The molecule has 0 radical (unpaired) electrons. The van der Waals surface area contributed by atoms with E-state index in [2.05, 4.69) is 17.1 Å². The third-order valence-electron chi connectivity index (χ3n) is 3.29. The Morgan fingerprint density at radius 2 is 2.26 bits per heavy atom. The Balaban J connectivity index is 2.42. The number of carbonyl (C=O) groups is 1. The van der Waals surface area contributed by atoms with Gasteiger partial charge in [-0.05, 0) is 25.8 Å². The first-order chi connectivity index (χ1) is 9.02. The molecule has 5 heteroatoms. The van der Waals surface area contributed by atoms with Crippen molar-refractivity contribution in [2.75, 3.05) is 26.2 Å². The maximum Gasteiger partial charge on any atom is 0.322 e. The summed E-state index contributed by atoms with van der Waals surface area (Å²) in [5.74, 6) is -0.773. The molecule has 0 amide bonds. The fourth-order valence-electron chi connectivity index (χ4n) is 2.46. The van der Waals surface area contributed by atoms with Crippen LogP contribution < -0.4 is 5.32 Å². The molecule has 2 N–H and O–H groups in total. The molecular weight excluding hydrogens is 244 g/mol. The molecule has 5 nitrogen and oxygen atoms in total.